The zero-order valence-corrected chi connectivity index (χ0v) is 11.1. The van der Waals surface area contributed by atoms with E-state index in [9.17, 15) is 10.1 Å². The molecule has 0 aromatic heterocycles. The molecule has 0 bridgehead atoms. The maximum Gasteiger partial charge on any atom is 0.292 e. The van der Waals surface area contributed by atoms with Crippen LogP contribution in [0.4, 0.5) is 11.4 Å². The van der Waals surface area contributed by atoms with Crippen molar-refractivity contribution in [3.63, 3.8) is 0 Å². The maximum atomic E-state index is 11.0. The summed E-state index contributed by atoms with van der Waals surface area (Å²) in [6.45, 7) is 7.76. The van der Waals surface area contributed by atoms with Gasteiger partial charge < -0.3 is 10.1 Å². The van der Waals surface area contributed by atoms with Crippen LogP contribution in [-0.2, 0) is 11.3 Å². The van der Waals surface area contributed by atoms with Crippen molar-refractivity contribution < 1.29 is 9.66 Å². The topological polar surface area (TPSA) is 64.4 Å². The van der Waals surface area contributed by atoms with Gasteiger partial charge in [0.25, 0.3) is 5.69 Å². The van der Waals surface area contributed by atoms with Crippen LogP contribution in [-0.4, -0.2) is 18.1 Å². The van der Waals surface area contributed by atoms with E-state index in [-0.39, 0.29) is 10.6 Å². The van der Waals surface area contributed by atoms with Gasteiger partial charge in [-0.25, -0.2) is 0 Å². The Morgan fingerprint density at radius 2 is 2.17 bits per heavy atom. The Labute approximate surface area is 107 Å². The molecule has 0 saturated heterocycles. The molecule has 18 heavy (non-hydrogen) atoms. The fourth-order valence-electron chi connectivity index (χ4n) is 1.57. The van der Waals surface area contributed by atoms with Gasteiger partial charge >= 0.3 is 0 Å². The van der Waals surface area contributed by atoms with Crippen LogP contribution >= 0.6 is 0 Å². The summed E-state index contributed by atoms with van der Waals surface area (Å²) in [6.07, 6.45) is 0. The predicted octanol–water partition coefficient (Wildman–Crippen LogP) is 3.20. The first-order chi connectivity index (χ1) is 8.54. The maximum absolute atomic E-state index is 11.0. The molecule has 0 radical (unpaired) electrons. The fraction of sp³-hybridized carbons (Fsp3) is 0.538. The molecule has 5 heteroatoms. The summed E-state index contributed by atoms with van der Waals surface area (Å²) in [5.74, 6) is 0.459. The van der Waals surface area contributed by atoms with Gasteiger partial charge in [-0.15, -0.1) is 0 Å². The second kappa shape index (κ2) is 6.96. The predicted molar refractivity (Wildman–Crippen MR) is 71.8 cm³/mol. The third-order valence-corrected chi connectivity index (χ3v) is 2.35. The van der Waals surface area contributed by atoms with E-state index in [0.717, 1.165) is 5.56 Å². The molecule has 1 rings (SSSR count). The third kappa shape index (κ3) is 4.33. The molecule has 0 unspecified atom stereocenters. The highest BCUT2D eigenvalue weighted by molar-refractivity contribution is 5.62. The van der Waals surface area contributed by atoms with Gasteiger partial charge in [0, 0.05) is 19.2 Å². The van der Waals surface area contributed by atoms with E-state index >= 15 is 0 Å². The second-order valence-corrected chi connectivity index (χ2v) is 4.55. The van der Waals surface area contributed by atoms with Crippen molar-refractivity contribution in [2.45, 2.75) is 27.4 Å². The third-order valence-electron chi connectivity index (χ3n) is 2.35. The highest BCUT2D eigenvalue weighted by Gasteiger charge is 2.13. The molecule has 0 aliphatic carbocycles. The van der Waals surface area contributed by atoms with Gasteiger partial charge in [0.2, 0.25) is 0 Å². The molecule has 0 aliphatic rings. The minimum atomic E-state index is -0.371. The number of ether oxygens (including phenoxy) is 1. The van der Waals surface area contributed by atoms with E-state index in [2.05, 4.69) is 19.2 Å². The Bertz CT molecular complexity index is 405. The minimum absolute atomic E-state index is 0.0995. The highest BCUT2D eigenvalue weighted by Crippen LogP contribution is 2.25. The number of nitrogens with one attached hydrogen (secondary N) is 1. The normalized spacial score (nSPS) is 10.7. The number of rotatable bonds is 7. The Kier molecular flexibility index (Phi) is 5.58. The summed E-state index contributed by atoms with van der Waals surface area (Å²) >= 11 is 0. The lowest BCUT2D eigenvalue weighted by Crippen LogP contribution is -2.04. The smallest absolute Gasteiger partial charge is 0.292 e. The van der Waals surface area contributed by atoms with E-state index in [0.29, 0.717) is 31.4 Å². The van der Waals surface area contributed by atoms with Crippen LogP contribution in [0.5, 0.6) is 0 Å². The number of hydrogen-bond acceptors (Lipinski definition) is 4. The number of anilines is 1. The first-order valence-corrected chi connectivity index (χ1v) is 6.13. The summed E-state index contributed by atoms with van der Waals surface area (Å²) in [4.78, 5) is 10.6. The van der Waals surface area contributed by atoms with Crippen LogP contribution in [0.3, 0.4) is 0 Å². The molecule has 0 spiro atoms. The molecule has 0 atom stereocenters. The molecular weight excluding hydrogens is 232 g/mol. The van der Waals surface area contributed by atoms with E-state index in [1.807, 2.05) is 13.0 Å². The Balaban J connectivity index is 2.76. The number of hydrogen-bond donors (Lipinski definition) is 1. The highest BCUT2D eigenvalue weighted by atomic mass is 16.6. The molecule has 1 aromatic carbocycles. The van der Waals surface area contributed by atoms with Gasteiger partial charge in [-0.3, -0.25) is 10.1 Å². The van der Waals surface area contributed by atoms with Crippen LogP contribution in [0.25, 0.3) is 0 Å². The minimum Gasteiger partial charge on any atom is -0.380 e. The molecule has 0 aliphatic heterocycles. The van der Waals surface area contributed by atoms with Crippen molar-refractivity contribution >= 4 is 11.4 Å². The number of benzene rings is 1. The van der Waals surface area contributed by atoms with Crippen LogP contribution in [0.2, 0.25) is 0 Å². The fourth-order valence-corrected chi connectivity index (χ4v) is 1.57. The van der Waals surface area contributed by atoms with Gasteiger partial charge in [-0.05, 0) is 24.5 Å². The second-order valence-electron chi connectivity index (χ2n) is 4.55. The monoisotopic (exact) mass is 252 g/mol. The van der Waals surface area contributed by atoms with Crippen molar-refractivity contribution in [2.75, 3.05) is 18.5 Å². The first kappa shape index (κ1) is 14.4. The molecule has 5 nitrogen and oxygen atoms in total. The lowest BCUT2D eigenvalue weighted by molar-refractivity contribution is -0.384. The van der Waals surface area contributed by atoms with Crippen molar-refractivity contribution in [1.82, 2.24) is 0 Å². The molecule has 0 fully saturated rings. The number of nitrogens with zero attached hydrogens (tertiary/aromatic N) is 1. The molecule has 0 saturated carbocycles. The van der Waals surface area contributed by atoms with Crippen LogP contribution in [0.1, 0.15) is 26.3 Å². The zero-order valence-electron chi connectivity index (χ0n) is 11.1. The molecule has 1 aromatic rings. The van der Waals surface area contributed by atoms with Crippen molar-refractivity contribution in [1.29, 1.82) is 0 Å². The number of nitro benzene ring substituents is 1. The standard InChI is InChI=1S/C13H20N2O3/c1-4-14-12-6-5-11(7-13(12)15(16)17)9-18-8-10(2)3/h5-7,10,14H,4,8-9H2,1-3H3. The summed E-state index contributed by atoms with van der Waals surface area (Å²) < 4.78 is 5.47. The lowest BCUT2D eigenvalue weighted by Gasteiger charge is -2.09. The Morgan fingerprint density at radius 3 is 2.72 bits per heavy atom. The molecule has 100 valence electrons. The van der Waals surface area contributed by atoms with Gasteiger partial charge in [-0.1, -0.05) is 19.9 Å². The van der Waals surface area contributed by atoms with Crippen molar-refractivity contribution in [3.8, 4) is 0 Å². The van der Waals surface area contributed by atoms with Gasteiger partial charge in [0.15, 0.2) is 0 Å². The molecule has 1 N–H and O–H groups in total. The molecule has 0 amide bonds. The van der Waals surface area contributed by atoms with Gasteiger partial charge in [-0.2, -0.15) is 0 Å². The van der Waals surface area contributed by atoms with Gasteiger partial charge in [0.1, 0.15) is 5.69 Å². The number of nitro groups is 1. The largest absolute Gasteiger partial charge is 0.380 e. The Morgan fingerprint density at radius 1 is 1.44 bits per heavy atom. The lowest BCUT2D eigenvalue weighted by atomic mass is 10.2. The summed E-state index contributed by atoms with van der Waals surface area (Å²) in [6, 6.07) is 5.15. The summed E-state index contributed by atoms with van der Waals surface area (Å²) in [7, 11) is 0. The van der Waals surface area contributed by atoms with Crippen molar-refractivity contribution in [3.05, 3.63) is 33.9 Å². The van der Waals surface area contributed by atoms with Crippen LogP contribution in [0, 0.1) is 16.0 Å². The van der Waals surface area contributed by atoms with Crippen LogP contribution < -0.4 is 5.32 Å². The quantitative estimate of drug-likeness (QED) is 0.598. The molecular formula is C13H20N2O3. The molecule has 0 heterocycles. The summed E-state index contributed by atoms with van der Waals surface area (Å²) in [5, 5.41) is 13.9. The van der Waals surface area contributed by atoms with Gasteiger partial charge in [0.05, 0.1) is 11.5 Å². The van der Waals surface area contributed by atoms with E-state index in [1.165, 1.54) is 0 Å². The van der Waals surface area contributed by atoms with E-state index < -0.39 is 0 Å². The van der Waals surface area contributed by atoms with Crippen molar-refractivity contribution in [2.24, 2.45) is 5.92 Å². The first-order valence-electron chi connectivity index (χ1n) is 6.13. The van der Waals surface area contributed by atoms with E-state index in [1.54, 1.807) is 12.1 Å². The SMILES string of the molecule is CCNc1ccc(COCC(C)C)cc1[N+](=O)[O-]. The Hall–Kier alpha value is -1.62. The van der Waals surface area contributed by atoms with Crippen LogP contribution in [0.15, 0.2) is 18.2 Å². The van der Waals surface area contributed by atoms with E-state index in [4.69, 9.17) is 4.74 Å². The average molecular weight is 252 g/mol. The average Bonchev–Trinajstić information content (AvgIpc) is 2.30. The zero-order chi connectivity index (χ0) is 13.5. The summed E-state index contributed by atoms with van der Waals surface area (Å²) in [5.41, 5.74) is 1.47.